The number of nitrogens with one attached hydrogen (secondary N) is 1. The van der Waals surface area contributed by atoms with E-state index in [1.54, 1.807) is 18.3 Å². The average Bonchev–Trinajstić information content (AvgIpc) is 2.76. The molecule has 1 heterocycles. The molecule has 2 aromatic rings. The van der Waals surface area contributed by atoms with Crippen LogP contribution in [0.25, 0.3) is 0 Å². The molecule has 0 aliphatic rings. The summed E-state index contributed by atoms with van der Waals surface area (Å²) in [6.45, 7) is 0.739. The second kappa shape index (κ2) is 5.31. The number of benzene rings is 1. The second-order valence-electron chi connectivity index (χ2n) is 3.94. The molecule has 0 unspecified atom stereocenters. The minimum atomic E-state index is -0.405. The second-order valence-corrected chi connectivity index (χ2v) is 3.94. The molecule has 1 aromatic heterocycles. The maximum atomic E-state index is 10.5. The van der Waals surface area contributed by atoms with Crippen molar-refractivity contribution in [1.82, 2.24) is 9.55 Å². The molecule has 1 aromatic carbocycles. The Kier molecular flexibility index (Phi) is 3.57. The largest absolute Gasteiger partial charge is 0.385 e. The van der Waals surface area contributed by atoms with Gasteiger partial charge in [-0.15, -0.1) is 0 Å². The first-order valence-electron chi connectivity index (χ1n) is 5.61. The van der Waals surface area contributed by atoms with Crippen molar-refractivity contribution in [2.45, 2.75) is 6.42 Å². The lowest BCUT2D eigenvalue weighted by Crippen LogP contribution is -2.08. The lowest BCUT2D eigenvalue weighted by Gasteiger charge is -2.06. The van der Waals surface area contributed by atoms with E-state index in [4.69, 9.17) is 0 Å². The van der Waals surface area contributed by atoms with Gasteiger partial charge in [0.05, 0.1) is 4.92 Å². The van der Waals surface area contributed by atoms with Crippen LogP contribution in [0, 0.1) is 10.1 Å². The zero-order valence-electron chi connectivity index (χ0n) is 10.0. The predicted octanol–water partition coefficient (Wildman–Crippen LogP) is 1.98. The molecule has 1 N–H and O–H groups in total. The van der Waals surface area contributed by atoms with E-state index >= 15 is 0 Å². The smallest absolute Gasteiger partial charge is 0.269 e. The Morgan fingerprint density at radius 1 is 1.39 bits per heavy atom. The number of aromatic nitrogens is 2. The average molecular weight is 246 g/mol. The highest BCUT2D eigenvalue weighted by molar-refractivity contribution is 5.48. The molecular weight excluding hydrogens is 232 g/mol. The van der Waals surface area contributed by atoms with Crippen LogP contribution in [0.5, 0.6) is 0 Å². The molecule has 0 radical (unpaired) electrons. The Balaban J connectivity index is 1.87. The van der Waals surface area contributed by atoms with Gasteiger partial charge in [0.15, 0.2) is 0 Å². The van der Waals surface area contributed by atoms with E-state index in [9.17, 15) is 10.1 Å². The van der Waals surface area contributed by atoms with Gasteiger partial charge >= 0.3 is 0 Å². The van der Waals surface area contributed by atoms with Crippen LogP contribution < -0.4 is 5.32 Å². The first-order chi connectivity index (χ1) is 8.66. The summed E-state index contributed by atoms with van der Waals surface area (Å²) in [7, 11) is 1.95. The maximum Gasteiger partial charge on any atom is 0.269 e. The summed E-state index contributed by atoms with van der Waals surface area (Å²) in [6, 6.07) is 6.39. The number of nitrogens with zero attached hydrogens (tertiary/aromatic N) is 3. The van der Waals surface area contributed by atoms with E-state index in [1.807, 2.05) is 17.8 Å². The molecule has 2 rings (SSSR count). The molecule has 0 saturated heterocycles. The van der Waals surface area contributed by atoms with Gasteiger partial charge in [0.1, 0.15) is 5.82 Å². The van der Waals surface area contributed by atoms with Gasteiger partial charge in [-0.2, -0.15) is 0 Å². The normalized spacial score (nSPS) is 10.3. The molecule has 0 bridgehead atoms. The third kappa shape index (κ3) is 2.85. The SMILES string of the molecule is Cn1ccnc1CCNc1ccc([N+](=O)[O-])cc1. The zero-order valence-corrected chi connectivity index (χ0v) is 10.0. The maximum absolute atomic E-state index is 10.5. The molecule has 0 aliphatic heterocycles. The van der Waals surface area contributed by atoms with Crippen molar-refractivity contribution >= 4 is 11.4 Å². The molecule has 0 amide bonds. The molecule has 6 heteroatoms. The summed E-state index contributed by atoms with van der Waals surface area (Å²) in [6.07, 6.45) is 4.48. The van der Waals surface area contributed by atoms with Crippen molar-refractivity contribution in [2.24, 2.45) is 7.05 Å². The number of imidazole rings is 1. The van der Waals surface area contributed by atoms with Crippen molar-refractivity contribution in [2.75, 3.05) is 11.9 Å². The molecule has 0 aliphatic carbocycles. The van der Waals surface area contributed by atoms with E-state index in [2.05, 4.69) is 10.3 Å². The fraction of sp³-hybridized carbons (Fsp3) is 0.250. The van der Waals surface area contributed by atoms with E-state index in [0.717, 1.165) is 24.5 Å². The number of non-ortho nitro benzene ring substituents is 1. The predicted molar refractivity (Wildman–Crippen MR) is 68.5 cm³/mol. The first-order valence-corrected chi connectivity index (χ1v) is 5.61. The molecule has 6 nitrogen and oxygen atoms in total. The van der Waals surface area contributed by atoms with Crippen LogP contribution in [-0.2, 0) is 13.5 Å². The highest BCUT2D eigenvalue weighted by atomic mass is 16.6. The van der Waals surface area contributed by atoms with Crippen LogP contribution >= 0.6 is 0 Å². The standard InChI is InChI=1S/C12H14N4O2/c1-15-9-8-14-12(15)6-7-13-10-2-4-11(5-3-10)16(17)18/h2-5,8-9,13H,6-7H2,1H3. The van der Waals surface area contributed by atoms with Gasteiger partial charge in [-0.25, -0.2) is 4.98 Å². The minimum absolute atomic E-state index is 0.102. The van der Waals surface area contributed by atoms with Crippen molar-refractivity contribution < 1.29 is 4.92 Å². The minimum Gasteiger partial charge on any atom is -0.385 e. The molecular formula is C12H14N4O2. The number of rotatable bonds is 5. The zero-order chi connectivity index (χ0) is 13.0. The third-order valence-electron chi connectivity index (χ3n) is 2.68. The van der Waals surface area contributed by atoms with E-state index in [-0.39, 0.29) is 5.69 Å². The monoisotopic (exact) mass is 246 g/mol. The van der Waals surface area contributed by atoms with Crippen LogP contribution in [0.1, 0.15) is 5.82 Å². The van der Waals surface area contributed by atoms with Gasteiger partial charge in [0, 0.05) is 50.2 Å². The Labute approximate surface area is 104 Å². The molecule has 0 saturated carbocycles. The van der Waals surface area contributed by atoms with Crippen LogP contribution in [0.3, 0.4) is 0 Å². The highest BCUT2D eigenvalue weighted by Crippen LogP contribution is 2.15. The van der Waals surface area contributed by atoms with E-state index in [0.29, 0.717) is 0 Å². The first kappa shape index (κ1) is 12.1. The summed E-state index contributed by atoms with van der Waals surface area (Å²) >= 11 is 0. The Morgan fingerprint density at radius 2 is 2.11 bits per heavy atom. The molecule has 0 spiro atoms. The van der Waals surface area contributed by atoms with Gasteiger partial charge in [0.2, 0.25) is 0 Å². The highest BCUT2D eigenvalue weighted by Gasteiger charge is 2.03. The molecule has 94 valence electrons. The third-order valence-corrected chi connectivity index (χ3v) is 2.68. The van der Waals surface area contributed by atoms with Crippen molar-refractivity contribution in [1.29, 1.82) is 0 Å². The van der Waals surface area contributed by atoms with Crippen LogP contribution in [0.2, 0.25) is 0 Å². The number of hydrogen-bond acceptors (Lipinski definition) is 4. The fourth-order valence-electron chi connectivity index (χ4n) is 1.66. The molecule has 18 heavy (non-hydrogen) atoms. The van der Waals surface area contributed by atoms with Gasteiger partial charge in [-0.05, 0) is 12.1 Å². The molecule has 0 fully saturated rings. The Morgan fingerprint density at radius 3 is 2.67 bits per heavy atom. The van der Waals surface area contributed by atoms with Gasteiger partial charge in [-0.1, -0.05) is 0 Å². The number of aryl methyl sites for hydroxylation is 1. The van der Waals surface area contributed by atoms with Crippen LogP contribution in [0.15, 0.2) is 36.7 Å². The quantitative estimate of drug-likeness (QED) is 0.646. The fourth-order valence-corrected chi connectivity index (χ4v) is 1.66. The number of nitro benzene ring substituents is 1. The van der Waals surface area contributed by atoms with Gasteiger partial charge in [0.25, 0.3) is 5.69 Å². The summed E-state index contributed by atoms with van der Waals surface area (Å²) < 4.78 is 1.97. The van der Waals surface area contributed by atoms with Crippen molar-refractivity contribution in [3.63, 3.8) is 0 Å². The molecule has 0 atom stereocenters. The summed E-state index contributed by atoms with van der Waals surface area (Å²) in [5.41, 5.74) is 0.972. The number of anilines is 1. The topological polar surface area (TPSA) is 73.0 Å². The Hall–Kier alpha value is -2.37. The van der Waals surface area contributed by atoms with Crippen LogP contribution in [-0.4, -0.2) is 21.0 Å². The summed E-state index contributed by atoms with van der Waals surface area (Å²) in [5, 5.41) is 13.7. The lowest BCUT2D eigenvalue weighted by molar-refractivity contribution is -0.384. The number of nitro groups is 1. The summed E-state index contributed by atoms with van der Waals surface area (Å²) in [4.78, 5) is 14.3. The summed E-state index contributed by atoms with van der Waals surface area (Å²) in [5.74, 6) is 1.00. The van der Waals surface area contributed by atoms with Crippen molar-refractivity contribution in [3.05, 3.63) is 52.6 Å². The van der Waals surface area contributed by atoms with E-state index < -0.39 is 4.92 Å². The lowest BCUT2D eigenvalue weighted by atomic mass is 10.3. The number of hydrogen-bond donors (Lipinski definition) is 1. The van der Waals surface area contributed by atoms with Gasteiger partial charge < -0.3 is 9.88 Å². The van der Waals surface area contributed by atoms with E-state index in [1.165, 1.54) is 12.1 Å². The van der Waals surface area contributed by atoms with Crippen LogP contribution in [0.4, 0.5) is 11.4 Å². The van der Waals surface area contributed by atoms with Crippen molar-refractivity contribution in [3.8, 4) is 0 Å². The van der Waals surface area contributed by atoms with Gasteiger partial charge in [-0.3, -0.25) is 10.1 Å². The Bertz CT molecular complexity index is 533.